The second kappa shape index (κ2) is 9.53. The molecule has 0 bridgehead atoms. The summed E-state index contributed by atoms with van der Waals surface area (Å²) >= 11 is 1.72. The zero-order chi connectivity index (χ0) is 19.1. The number of nitrogens with zero attached hydrogens (tertiary/aromatic N) is 1. The van der Waals surface area contributed by atoms with Crippen molar-refractivity contribution in [1.29, 1.82) is 0 Å². The number of carbonyl (C=O) groups excluding carboxylic acids is 1. The third-order valence-corrected chi connectivity index (χ3v) is 5.09. The maximum atomic E-state index is 12.9. The Labute approximate surface area is 160 Å². The molecule has 0 aliphatic carbocycles. The lowest BCUT2D eigenvalue weighted by Gasteiger charge is -2.20. The predicted molar refractivity (Wildman–Crippen MR) is 108 cm³/mol. The highest BCUT2D eigenvalue weighted by molar-refractivity contribution is 8.00. The van der Waals surface area contributed by atoms with Crippen molar-refractivity contribution in [2.24, 2.45) is 0 Å². The Morgan fingerprint density at radius 2 is 1.77 bits per heavy atom. The average molecular weight is 374 g/mol. The summed E-state index contributed by atoms with van der Waals surface area (Å²) in [5, 5.41) is 0.432. The van der Waals surface area contributed by atoms with Crippen molar-refractivity contribution in [2.75, 3.05) is 27.8 Å². The molecular formula is C21H27NO3S. The highest BCUT2D eigenvalue weighted by Crippen LogP contribution is 2.29. The normalized spacial score (nSPS) is 10.7. The zero-order valence-corrected chi connectivity index (χ0v) is 16.9. The quantitative estimate of drug-likeness (QED) is 0.638. The van der Waals surface area contributed by atoms with Crippen LogP contribution in [0.2, 0.25) is 0 Å². The van der Waals surface area contributed by atoms with Gasteiger partial charge in [0.25, 0.3) is 5.91 Å². The van der Waals surface area contributed by atoms with Crippen LogP contribution in [0.1, 0.15) is 29.8 Å². The van der Waals surface area contributed by atoms with Crippen molar-refractivity contribution in [2.45, 2.75) is 30.4 Å². The fourth-order valence-corrected chi connectivity index (χ4v) is 3.59. The van der Waals surface area contributed by atoms with Gasteiger partial charge >= 0.3 is 0 Å². The van der Waals surface area contributed by atoms with E-state index in [4.69, 9.17) is 9.47 Å². The third kappa shape index (κ3) is 5.18. The molecule has 0 unspecified atom stereocenters. The Morgan fingerprint density at radius 3 is 2.42 bits per heavy atom. The largest absolute Gasteiger partial charge is 0.493 e. The molecule has 26 heavy (non-hydrogen) atoms. The minimum absolute atomic E-state index is 0.0502. The van der Waals surface area contributed by atoms with Gasteiger partial charge in [-0.25, -0.2) is 0 Å². The minimum atomic E-state index is 0.0502. The first-order valence-corrected chi connectivity index (χ1v) is 9.56. The van der Waals surface area contributed by atoms with E-state index in [2.05, 4.69) is 13.8 Å². The lowest BCUT2D eigenvalue weighted by molar-refractivity contribution is 0.0793. The predicted octanol–water partition coefficient (Wildman–Crippen LogP) is 4.52. The van der Waals surface area contributed by atoms with Gasteiger partial charge in [0.05, 0.1) is 19.8 Å². The van der Waals surface area contributed by atoms with E-state index in [0.717, 1.165) is 22.4 Å². The molecule has 0 N–H and O–H groups in total. The molecule has 0 saturated carbocycles. The van der Waals surface area contributed by atoms with Crippen LogP contribution in [-0.4, -0.2) is 43.9 Å². The van der Waals surface area contributed by atoms with E-state index in [1.165, 1.54) is 0 Å². The van der Waals surface area contributed by atoms with Gasteiger partial charge < -0.3 is 14.4 Å². The average Bonchev–Trinajstić information content (AvgIpc) is 2.65. The Kier molecular flexibility index (Phi) is 7.39. The fraction of sp³-hybridized carbons (Fsp3) is 0.381. The number of carbonyl (C=O) groups is 1. The van der Waals surface area contributed by atoms with Crippen LogP contribution in [0, 0.1) is 0 Å². The molecule has 0 heterocycles. The summed E-state index contributed by atoms with van der Waals surface area (Å²) in [6, 6.07) is 13.7. The fourth-order valence-electron chi connectivity index (χ4n) is 2.64. The number of hydrogen-bond acceptors (Lipinski definition) is 4. The van der Waals surface area contributed by atoms with E-state index in [0.29, 0.717) is 23.3 Å². The molecule has 2 aromatic rings. The Balaban J connectivity index is 2.06. The van der Waals surface area contributed by atoms with Crippen LogP contribution < -0.4 is 9.47 Å². The molecule has 0 aromatic heterocycles. The number of hydrogen-bond donors (Lipinski definition) is 0. The summed E-state index contributed by atoms with van der Waals surface area (Å²) in [4.78, 5) is 15.7. The Hall–Kier alpha value is -2.14. The molecule has 1 amide bonds. The van der Waals surface area contributed by atoms with Gasteiger partial charge in [-0.15, -0.1) is 11.8 Å². The maximum Gasteiger partial charge on any atom is 0.254 e. The first-order valence-electron chi connectivity index (χ1n) is 8.68. The summed E-state index contributed by atoms with van der Waals surface area (Å²) in [6.07, 6.45) is 0.752. The van der Waals surface area contributed by atoms with Gasteiger partial charge in [0.1, 0.15) is 0 Å². The number of methoxy groups -OCH3 is 2. The van der Waals surface area contributed by atoms with Gasteiger partial charge in [-0.3, -0.25) is 4.79 Å². The van der Waals surface area contributed by atoms with Crippen LogP contribution in [0.5, 0.6) is 11.5 Å². The van der Waals surface area contributed by atoms with Gasteiger partial charge in [0.15, 0.2) is 11.5 Å². The van der Waals surface area contributed by atoms with E-state index in [9.17, 15) is 4.79 Å². The summed E-state index contributed by atoms with van der Waals surface area (Å²) in [5.74, 6) is 1.47. The molecule has 0 spiro atoms. The second-order valence-electron chi connectivity index (χ2n) is 6.33. The summed E-state index contributed by atoms with van der Waals surface area (Å²) < 4.78 is 10.6. The molecule has 0 aliphatic heterocycles. The number of rotatable bonds is 8. The molecule has 140 valence electrons. The molecule has 4 nitrogen and oxygen atoms in total. The van der Waals surface area contributed by atoms with Crippen LogP contribution >= 0.6 is 11.8 Å². The molecule has 0 saturated heterocycles. The van der Waals surface area contributed by atoms with Gasteiger partial charge in [-0.2, -0.15) is 0 Å². The van der Waals surface area contributed by atoms with Gasteiger partial charge in [-0.1, -0.05) is 32.0 Å². The van der Waals surface area contributed by atoms with E-state index in [1.54, 1.807) is 30.9 Å². The lowest BCUT2D eigenvalue weighted by atomic mass is 10.1. The van der Waals surface area contributed by atoms with Crippen LogP contribution in [0.25, 0.3) is 0 Å². The molecule has 0 fully saturated rings. The molecule has 2 aromatic carbocycles. The molecular weight excluding hydrogens is 346 g/mol. The molecule has 0 radical (unpaired) electrons. The van der Waals surface area contributed by atoms with Crippen molar-refractivity contribution >= 4 is 17.7 Å². The lowest BCUT2D eigenvalue weighted by Crippen LogP contribution is -2.29. The van der Waals surface area contributed by atoms with Crippen molar-refractivity contribution in [3.63, 3.8) is 0 Å². The van der Waals surface area contributed by atoms with E-state index in [1.807, 2.05) is 49.5 Å². The number of likely N-dealkylation sites (N-methyl/N-ethyl adjacent to an activating group) is 1. The Morgan fingerprint density at radius 1 is 1.08 bits per heavy atom. The summed E-state index contributed by atoms with van der Waals surface area (Å²) in [6.45, 7) is 4.90. The molecule has 5 heteroatoms. The number of benzene rings is 2. The standard InChI is InChI=1S/C21H27NO3S/c1-15(2)26-20-9-7-6-8-17(20)21(23)22(3)13-12-16-10-11-18(24-4)19(14-16)25-5/h6-11,14-15H,12-13H2,1-5H3. The van der Waals surface area contributed by atoms with Crippen LogP contribution in [0.4, 0.5) is 0 Å². The first kappa shape index (κ1) is 20.2. The summed E-state index contributed by atoms with van der Waals surface area (Å²) in [5.41, 5.74) is 1.87. The van der Waals surface area contributed by atoms with Crippen LogP contribution in [-0.2, 0) is 6.42 Å². The van der Waals surface area contributed by atoms with Crippen molar-refractivity contribution < 1.29 is 14.3 Å². The first-order chi connectivity index (χ1) is 12.5. The third-order valence-electron chi connectivity index (χ3n) is 4.01. The van der Waals surface area contributed by atoms with Crippen molar-refractivity contribution in [1.82, 2.24) is 4.90 Å². The zero-order valence-electron chi connectivity index (χ0n) is 16.1. The number of thioether (sulfide) groups is 1. The SMILES string of the molecule is COc1ccc(CCN(C)C(=O)c2ccccc2SC(C)C)cc1OC. The monoisotopic (exact) mass is 373 g/mol. The van der Waals surface area contributed by atoms with Gasteiger partial charge in [0, 0.05) is 23.7 Å². The molecule has 0 aliphatic rings. The van der Waals surface area contributed by atoms with E-state index >= 15 is 0 Å². The number of amides is 1. The minimum Gasteiger partial charge on any atom is -0.493 e. The summed E-state index contributed by atoms with van der Waals surface area (Å²) in [7, 11) is 5.09. The Bertz CT molecular complexity index is 746. The highest BCUT2D eigenvalue weighted by atomic mass is 32.2. The van der Waals surface area contributed by atoms with Gasteiger partial charge in [0.2, 0.25) is 0 Å². The van der Waals surface area contributed by atoms with Crippen LogP contribution in [0.15, 0.2) is 47.4 Å². The van der Waals surface area contributed by atoms with Crippen molar-refractivity contribution in [3.05, 3.63) is 53.6 Å². The smallest absolute Gasteiger partial charge is 0.254 e. The maximum absolute atomic E-state index is 12.9. The topological polar surface area (TPSA) is 38.8 Å². The molecule has 2 rings (SSSR count). The van der Waals surface area contributed by atoms with E-state index in [-0.39, 0.29) is 5.91 Å². The molecule has 0 atom stereocenters. The van der Waals surface area contributed by atoms with Crippen LogP contribution in [0.3, 0.4) is 0 Å². The highest BCUT2D eigenvalue weighted by Gasteiger charge is 2.16. The second-order valence-corrected chi connectivity index (χ2v) is 7.95. The van der Waals surface area contributed by atoms with Gasteiger partial charge in [-0.05, 0) is 36.2 Å². The number of ether oxygens (including phenoxy) is 2. The van der Waals surface area contributed by atoms with Crippen molar-refractivity contribution in [3.8, 4) is 11.5 Å². The van der Waals surface area contributed by atoms with E-state index < -0.39 is 0 Å².